The van der Waals surface area contributed by atoms with Gasteiger partial charge in [0, 0.05) is 18.4 Å². The van der Waals surface area contributed by atoms with Crippen molar-refractivity contribution in [3.63, 3.8) is 0 Å². The summed E-state index contributed by atoms with van der Waals surface area (Å²) in [4.78, 5) is 0. The van der Waals surface area contributed by atoms with Gasteiger partial charge in [-0.2, -0.15) is 0 Å². The van der Waals surface area contributed by atoms with E-state index in [1.54, 1.807) is 0 Å². The summed E-state index contributed by atoms with van der Waals surface area (Å²) in [6.45, 7) is 7.62. The molecule has 1 fully saturated rings. The van der Waals surface area contributed by atoms with Crippen LogP contribution in [0.4, 0.5) is 0 Å². The maximum absolute atomic E-state index is 6.03. The highest BCUT2D eigenvalue weighted by Gasteiger charge is 2.22. The Morgan fingerprint density at radius 2 is 2.00 bits per heavy atom. The van der Waals surface area contributed by atoms with Crippen LogP contribution in [0.25, 0.3) is 5.57 Å². The van der Waals surface area contributed by atoms with Crippen LogP contribution < -0.4 is 0 Å². The maximum Gasteiger partial charge on any atom is 0.102 e. The molecular formula is C17H20O. The zero-order valence-electron chi connectivity index (χ0n) is 10.8. The minimum atomic E-state index is 0.307. The minimum absolute atomic E-state index is 0.307. The molecule has 1 saturated heterocycles. The molecular weight excluding hydrogens is 220 g/mol. The molecule has 18 heavy (non-hydrogen) atoms. The normalized spacial score (nSPS) is 21.2. The van der Waals surface area contributed by atoms with Crippen molar-refractivity contribution in [2.45, 2.75) is 31.8 Å². The molecule has 1 heterocycles. The molecule has 1 unspecified atom stereocenters. The summed E-state index contributed by atoms with van der Waals surface area (Å²) in [6, 6.07) is 10.4. The van der Waals surface area contributed by atoms with Gasteiger partial charge in [-0.1, -0.05) is 42.5 Å². The predicted molar refractivity (Wildman–Crippen MR) is 77.1 cm³/mol. The second-order valence-electron chi connectivity index (χ2n) is 4.56. The zero-order valence-corrected chi connectivity index (χ0v) is 10.8. The highest BCUT2D eigenvalue weighted by Crippen LogP contribution is 2.33. The van der Waals surface area contributed by atoms with Crippen molar-refractivity contribution >= 4 is 5.57 Å². The summed E-state index contributed by atoms with van der Waals surface area (Å²) in [5.41, 5.74) is 2.52. The predicted octanol–water partition coefficient (Wildman–Crippen LogP) is 4.73. The first-order chi connectivity index (χ1) is 8.85. The molecule has 0 N–H and O–H groups in total. The van der Waals surface area contributed by atoms with Crippen LogP contribution >= 0.6 is 0 Å². The van der Waals surface area contributed by atoms with Crippen molar-refractivity contribution in [2.75, 3.05) is 0 Å². The summed E-state index contributed by atoms with van der Waals surface area (Å²) in [5, 5.41) is 0. The van der Waals surface area contributed by atoms with Crippen molar-refractivity contribution < 1.29 is 4.74 Å². The van der Waals surface area contributed by atoms with Gasteiger partial charge in [-0.15, -0.1) is 13.2 Å². The summed E-state index contributed by atoms with van der Waals surface area (Å²) in [5.74, 6) is 1.13. The molecule has 0 radical (unpaired) electrons. The van der Waals surface area contributed by atoms with Crippen LogP contribution in [0.3, 0.4) is 0 Å². The highest BCUT2D eigenvalue weighted by molar-refractivity contribution is 5.68. The quantitative estimate of drug-likeness (QED) is 0.676. The fraction of sp³-hybridized carbons (Fsp3) is 0.294. The summed E-state index contributed by atoms with van der Waals surface area (Å²) in [6.07, 6.45) is 8.09. The molecule has 1 aromatic rings. The van der Waals surface area contributed by atoms with Gasteiger partial charge in [-0.25, -0.2) is 0 Å². The Hall–Kier alpha value is -1.76. The van der Waals surface area contributed by atoms with Gasteiger partial charge in [0.25, 0.3) is 0 Å². The van der Waals surface area contributed by atoms with Gasteiger partial charge in [-0.05, 0) is 18.4 Å². The Kier molecular flexibility index (Phi) is 4.40. The van der Waals surface area contributed by atoms with Crippen LogP contribution in [-0.4, -0.2) is 6.10 Å². The smallest absolute Gasteiger partial charge is 0.102 e. The maximum atomic E-state index is 6.03. The van der Waals surface area contributed by atoms with Gasteiger partial charge in [0.15, 0.2) is 0 Å². The van der Waals surface area contributed by atoms with Crippen molar-refractivity contribution in [3.8, 4) is 0 Å². The van der Waals surface area contributed by atoms with Crippen molar-refractivity contribution in [2.24, 2.45) is 0 Å². The first-order valence-corrected chi connectivity index (χ1v) is 6.51. The van der Waals surface area contributed by atoms with Crippen LogP contribution in [0.15, 0.2) is 61.4 Å². The third-order valence-electron chi connectivity index (χ3n) is 3.24. The third kappa shape index (κ3) is 2.92. The molecule has 0 saturated carbocycles. The topological polar surface area (TPSA) is 9.23 Å². The fourth-order valence-electron chi connectivity index (χ4n) is 2.36. The largest absolute Gasteiger partial charge is 0.494 e. The lowest BCUT2D eigenvalue weighted by atomic mass is 10.00. The van der Waals surface area contributed by atoms with E-state index in [4.69, 9.17) is 4.74 Å². The Balaban J connectivity index is 2.25. The Bertz CT molecular complexity index is 442. The van der Waals surface area contributed by atoms with Gasteiger partial charge < -0.3 is 4.74 Å². The average Bonchev–Trinajstić information content (AvgIpc) is 2.86. The molecule has 0 aromatic heterocycles. The van der Waals surface area contributed by atoms with E-state index in [0.717, 1.165) is 31.4 Å². The number of rotatable bonds is 5. The molecule has 1 aliphatic heterocycles. The first-order valence-electron chi connectivity index (χ1n) is 6.51. The molecule has 1 atom stereocenters. The monoisotopic (exact) mass is 240 g/mol. The van der Waals surface area contributed by atoms with Gasteiger partial charge in [0.1, 0.15) is 11.9 Å². The lowest BCUT2D eigenvalue weighted by molar-refractivity contribution is 0.164. The molecule has 1 aromatic carbocycles. The Morgan fingerprint density at radius 3 is 2.67 bits per heavy atom. The number of ether oxygens (including phenoxy) is 1. The average molecular weight is 240 g/mol. The van der Waals surface area contributed by atoms with Crippen LogP contribution in [0.2, 0.25) is 0 Å². The van der Waals surface area contributed by atoms with E-state index in [2.05, 4.69) is 37.4 Å². The second-order valence-corrected chi connectivity index (χ2v) is 4.56. The summed E-state index contributed by atoms with van der Waals surface area (Å²) in [7, 11) is 0. The number of hydrogen-bond donors (Lipinski definition) is 0. The third-order valence-corrected chi connectivity index (χ3v) is 3.24. The fourth-order valence-corrected chi connectivity index (χ4v) is 2.36. The standard InChI is InChI=1S/C17H20O/c1-3-8-15-12-13-17(18-15)16(9-4-2)14-10-6-5-7-11-14/h3-7,10-11,15H,1-2,8-9,12-13H2/b17-16+. The van der Waals surface area contributed by atoms with Crippen molar-refractivity contribution in [1.29, 1.82) is 0 Å². The molecule has 1 aliphatic rings. The van der Waals surface area contributed by atoms with E-state index in [1.165, 1.54) is 11.1 Å². The Morgan fingerprint density at radius 1 is 1.22 bits per heavy atom. The van der Waals surface area contributed by atoms with E-state index in [1.807, 2.05) is 18.2 Å². The summed E-state index contributed by atoms with van der Waals surface area (Å²) >= 11 is 0. The van der Waals surface area contributed by atoms with Crippen LogP contribution in [-0.2, 0) is 4.74 Å². The second kappa shape index (κ2) is 6.25. The SMILES string of the molecule is C=CC/C(=C1/CCC(CC=C)O1)c1ccccc1. The van der Waals surface area contributed by atoms with Gasteiger partial charge in [0.05, 0.1) is 0 Å². The van der Waals surface area contributed by atoms with E-state index in [0.29, 0.717) is 6.10 Å². The first kappa shape index (κ1) is 12.7. The molecule has 0 bridgehead atoms. The van der Waals surface area contributed by atoms with Crippen molar-refractivity contribution in [1.82, 2.24) is 0 Å². The van der Waals surface area contributed by atoms with Gasteiger partial charge in [-0.3, -0.25) is 0 Å². The van der Waals surface area contributed by atoms with Gasteiger partial charge >= 0.3 is 0 Å². The van der Waals surface area contributed by atoms with E-state index < -0.39 is 0 Å². The lowest BCUT2D eigenvalue weighted by Crippen LogP contribution is -2.02. The number of benzene rings is 1. The molecule has 0 aliphatic carbocycles. The van der Waals surface area contributed by atoms with Crippen LogP contribution in [0, 0.1) is 0 Å². The minimum Gasteiger partial charge on any atom is -0.494 e. The number of hydrogen-bond acceptors (Lipinski definition) is 1. The molecule has 1 heteroatoms. The number of allylic oxidation sites excluding steroid dienone is 3. The molecule has 94 valence electrons. The van der Waals surface area contributed by atoms with E-state index in [9.17, 15) is 0 Å². The van der Waals surface area contributed by atoms with Crippen molar-refractivity contribution in [3.05, 3.63) is 67.0 Å². The van der Waals surface area contributed by atoms with E-state index in [-0.39, 0.29) is 0 Å². The van der Waals surface area contributed by atoms with Crippen LogP contribution in [0.5, 0.6) is 0 Å². The highest BCUT2D eigenvalue weighted by atomic mass is 16.5. The van der Waals surface area contributed by atoms with Crippen LogP contribution in [0.1, 0.15) is 31.2 Å². The molecule has 2 rings (SSSR count). The summed E-state index contributed by atoms with van der Waals surface area (Å²) < 4.78 is 6.03. The molecule has 0 amide bonds. The molecule has 0 spiro atoms. The lowest BCUT2D eigenvalue weighted by Gasteiger charge is -2.12. The van der Waals surface area contributed by atoms with E-state index >= 15 is 0 Å². The Labute approximate surface area is 109 Å². The molecule has 1 nitrogen and oxygen atoms in total. The zero-order chi connectivity index (χ0) is 12.8. The van der Waals surface area contributed by atoms with Gasteiger partial charge in [0.2, 0.25) is 0 Å².